The first-order valence-corrected chi connectivity index (χ1v) is 17.9. The first-order chi connectivity index (χ1) is 22.2. The van der Waals surface area contributed by atoms with Crippen molar-refractivity contribution in [3.8, 4) is 0 Å². The van der Waals surface area contributed by atoms with Crippen LogP contribution in [0.3, 0.4) is 0 Å². The van der Waals surface area contributed by atoms with Crippen molar-refractivity contribution in [2.45, 2.75) is 113 Å². The Morgan fingerprint density at radius 1 is 1.00 bits per heavy atom. The number of nitrogens with one attached hydrogen (secondary N) is 4. The van der Waals surface area contributed by atoms with Gasteiger partial charge in [0.15, 0.2) is 0 Å². The van der Waals surface area contributed by atoms with Crippen molar-refractivity contribution in [3.63, 3.8) is 0 Å². The summed E-state index contributed by atoms with van der Waals surface area (Å²) < 4.78 is 33.0. The third-order valence-electron chi connectivity index (χ3n) is 8.94. The molecule has 1 aromatic rings. The Hall–Kier alpha value is -3.94. The van der Waals surface area contributed by atoms with E-state index in [4.69, 9.17) is 4.74 Å². The van der Waals surface area contributed by atoms with Crippen LogP contribution in [0, 0.1) is 5.92 Å². The van der Waals surface area contributed by atoms with Crippen molar-refractivity contribution in [2.24, 2.45) is 5.92 Å². The van der Waals surface area contributed by atoms with Gasteiger partial charge in [-0.3, -0.25) is 23.9 Å². The molecule has 3 fully saturated rings. The fourth-order valence-corrected chi connectivity index (χ4v) is 7.58. The van der Waals surface area contributed by atoms with Crippen LogP contribution in [0.5, 0.6) is 0 Å². The lowest BCUT2D eigenvalue weighted by molar-refractivity contribution is -0.141. The minimum Gasteiger partial charge on any atom is -0.444 e. The van der Waals surface area contributed by atoms with Gasteiger partial charge < -0.3 is 25.6 Å². The minimum absolute atomic E-state index is 0.0133. The number of sulfonamides is 1. The second kappa shape index (κ2) is 13.7. The van der Waals surface area contributed by atoms with Gasteiger partial charge in [-0.25, -0.2) is 13.2 Å². The highest BCUT2D eigenvalue weighted by Crippen LogP contribution is 2.46. The number of nitrogens with zero attached hydrogens (tertiary/aromatic N) is 1. The highest BCUT2D eigenvalue weighted by Gasteiger charge is 2.62. The zero-order chi connectivity index (χ0) is 34.0. The maximum Gasteiger partial charge on any atom is 0.408 e. The highest BCUT2D eigenvalue weighted by molar-refractivity contribution is 7.91. The number of alkyl carbamates (subject to hydrolysis) is 1. The number of carbonyl (C=O) groups excluding carboxylic acids is 5. The van der Waals surface area contributed by atoms with Crippen LogP contribution in [0.1, 0.15) is 88.9 Å². The summed E-state index contributed by atoms with van der Waals surface area (Å²) in [6.07, 6.45) is 7.38. The van der Waals surface area contributed by atoms with Gasteiger partial charge in [0.1, 0.15) is 23.2 Å². The Morgan fingerprint density at radius 2 is 1.72 bits per heavy atom. The minimum atomic E-state index is -3.88. The number of benzene rings is 1. The summed E-state index contributed by atoms with van der Waals surface area (Å²) in [6.45, 7) is 5.13. The molecule has 4 aliphatic rings. The third-order valence-corrected chi connectivity index (χ3v) is 10.8. The summed E-state index contributed by atoms with van der Waals surface area (Å²) >= 11 is 0. The van der Waals surface area contributed by atoms with Crippen LogP contribution in [0.4, 0.5) is 4.79 Å². The summed E-state index contributed by atoms with van der Waals surface area (Å²) in [7, 11) is -3.88. The van der Waals surface area contributed by atoms with Crippen LogP contribution in [0.15, 0.2) is 42.5 Å². The molecule has 5 atom stereocenters. The SMILES string of the molecule is CC(C)(C)OC(=O)N[C@H]1CCCCC/C=C\[C@H]2C[C@@]2(C(=O)NS(=O)(=O)C2CC2)NC(=O)[C@@H]2C[C@@H](NC(=O)c3ccccc3)CN2C1=O. The molecule has 0 bridgehead atoms. The number of hydrogen-bond donors (Lipinski definition) is 4. The van der Waals surface area contributed by atoms with Crippen LogP contribution in [0.2, 0.25) is 0 Å². The summed E-state index contributed by atoms with van der Waals surface area (Å²) in [5.74, 6) is -2.75. The highest BCUT2D eigenvalue weighted by atomic mass is 32.2. The third kappa shape index (κ3) is 8.51. The number of hydrogen-bond acceptors (Lipinski definition) is 8. The standard InChI is InChI=1S/C33H45N5O8S/c1-32(2,3)46-31(43)35-25-15-11-6-4-5-10-14-22-19-33(22,30(42)37-47(44,45)24-16-17-24)36-28(40)26-18-23(20-38(26)29(25)41)34-27(39)21-12-8-7-9-13-21/h7-10,12-14,22-26H,4-6,11,15-20H2,1-3H3,(H,34,39)(H,35,43)(H,36,40)(H,37,42)/b14-10-/t22-,23+,25-,26-,33+/m0/s1. The molecule has 14 heteroatoms. The van der Waals surface area contributed by atoms with Gasteiger partial charge in [0.2, 0.25) is 21.8 Å². The molecule has 2 heterocycles. The Labute approximate surface area is 275 Å². The molecule has 0 spiro atoms. The van der Waals surface area contributed by atoms with E-state index >= 15 is 0 Å². The number of rotatable bonds is 6. The molecule has 1 aromatic carbocycles. The largest absolute Gasteiger partial charge is 0.444 e. The molecule has 1 saturated heterocycles. The number of carbonyl (C=O) groups is 5. The van der Waals surface area contributed by atoms with Crippen molar-refractivity contribution >= 4 is 39.7 Å². The maximum absolute atomic E-state index is 14.2. The summed E-state index contributed by atoms with van der Waals surface area (Å²) in [5.41, 5.74) is -1.88. The number of allylic oxidation sites excluding steroid dienone is 1. The Morgan fingerprint density at radius 3 is 2.40 bits per heavy atom. The van der Waals surface area contributed by atoms with Crippen LogP contribution < -0.4 is 20.7 Å². The molecule has 47 heavy (non-hydrogen) atoms. The molecule has 2 saturated carbocycles. The fraction of sp³-hybridized carbons (Fsp3) is 0.606. The summed E-state index contributed by atoms with van der Waals surface area (Å²) in [5, 5.41) is 7.80. The Balaban J connectivity index is 1.42. The molecular weight excluding hydrogens is 626 g/mol. The van der Waals surface area contributed by atoms with E-state index in [2.05, 4.69) is 20.7 Å². The van der Waals surface area contributed by atoms with Crippen LogP contribution in [-0.2, 0) is 29.1 Å². The van der Waals surface area contributed by atoms with Gasteiger partial charge in [0.05, 0.1) is 5.25 Å². The Kier molecular flexibility index (Phi) is 9.99. The summed E-state index contributed by atoms with van der Waals surface area (Å²) in [6, 6.07) is 5.83. The first kappa shape index (κ1) is 34.4. The van der Waals surface area contributed by atoms with Gasteiger partial charge in [0.25, 0.3) is 11.8 Å². The smallest absolute Gasteiger partial charge is 0.408 e. The average molecular weight is 672 g/mol. The molecule has 5 amide bonds. The first-order valence-electron chi connectivity index (χ1n) is 16.4. The number of fused-ring (bicyclic) bond motifs is 2. The normalized spacial score (nSPS) is 29.1. The second-order valence-electron chi connectivity index (χ2n) is 14.0. The van der Waals surface area contributed by atoms with Crippen molar-refractivity contribution in [1.82, 2.24) is 25.6 Å². The number of amides is 5. The van der Waals surface area contributed by atoms with Crippen molar-refractivity contribution < 1.29 is 37.1 Å². The van der Waals surface area contributed by atoms with Gasteiger partial charge in [-0.15, -0.1) is 0 Å². The molecule has 256 valence electrons. The van der Waals surface area contributed by atoms with E-state index in [9.17, 15) is 32.4 Å². The molecule has 5 rings (SSSR count). The Bertz CT molecular complexity index is 1520. The average Bonchev–Trinajstić information content (AvgIpc) is 3.92. The van der Waals surface area contributed by atoms with Gasteiger partial charge in [-0.1, -0.05) is 43.2 Å². The quantitative estimate of drug-likeness (QED) is 0.333. The molecule has 13 nitrogen and oxygen atoms in total. The second-order valence-corrected chi connectivity index (χ2v) is 16.0. The predicted molar refractivity (Wildman–Crippen MR) is 172 cm³/mol. The lowest BCUT2D eigenvalue weighted by Gasteiger charge is -2.30. The fourth-order valence-electron chi connectivity index (χ4n) is 6.21. The van der Waals surface area contributed by atoms with Crippen molar-refractivity contribution in [1.29, 1.82) is 0 Å². The molecule has 0 aromatic heterocycles. The lowest BCUT2D eigenvalue weighted by Crippen LogP contribution is -2.58. The van der Waals surface area contributed by atoms with Gasteiger partial charge in [-0.2, -0.15) is 0 Å². The van der Waals surface area contributed by atoms with Crippen molar-refractivity contribution in [2.75, 3.05) is 6.54 Å². The molecule has 0 unspecified atom stereocenters. The topological polar surface area (TPSA) is 180 Å². The van der Waals surface area contributed by atoms with E-state index in [0.717, 1.165) is 12.8 Å². The molecule has 0 radical (unpaired) electrons. The van der Waals surface area contributed by atoms with Crippen LogP contribution in [-0.4, -0.2) is 84.1 Å². The zero-order valence-corrected chi connectivity index (χ0v) is 27.9. The van der Waals surface area contributed by atoms with Crippen LogP contribution >= 0.6 is 0 Å². The van der Waals surface area contributed by atoms with Gasteiger partial charge >= 0.3 is 6.09 Å². The van der Waals surface area contributed by atoms with Gasteiger partial charge in [0, 0.05) is 24.1 Å². The van der Waals surface area contributed by atoms with E-state index in [1.165, 1.54) is 4.90 Å². The van der Waals surface area contributed by atoms with Crippen LogP contribution in [0.25, 0.3) is 0 Å². The monoisotopic (exact) mass is 671 g/mol. The van der Waals surface area contributed by atoms with E-state index in [1.807, 2.05) is 12.2 Å². The van der Waals surface area contributed by atoms with E-state index < -0.39 is 74.3 Å². The zero-order valence-electron chi connectivity index (χ0n) is 27.1. The lowest BCUT2D eigenvalue weighted by atomic mass is 10.0. The molecule has 4 N–H and O–H groups in total. The molecule has 2 aliphatic carbocycles. The van der Waals surface area contributed by atoms with E-state index in [-0.39, 0.29) is 25.3 Å². The van der Waals surface area contributed by atoms with Crippen molar-refractivity contribution in [3.05, 3.63) is 48.0 Å². The molecular formula is C33H45N5O8S. The van der Waals surface area contributed by atoms with E-state index in [0.29, 0.717) is 37.7 Å². The maximum atomic E-state index is 14.2. The van der Waals surface area contributed by atoms with Gasteiger partial charge in [-0.05, 0) is 77.8 Å². The van der Waals surface area contributed by atoms with E-state index in [1.54, 1.807) is 51.1 Å². The predicted octanol–water partition coefficient (Wildman–Crippen LogP) is 2.28. The summed E-state index contributed by atoms with van der Waals surface area (Å²) in [4.78, 5) is 69.0. The molecule has 2 aliphatic heterocycles. The number of ether oxygens (including phenoxy) is 1.